The highest BCUT2D eigenvalue weighted by Crippen LogP contribution is 2.24. The van der Waals surface area contributed by atoms with Crippen LogP contribution in [0.3, 0.4) is 0 Å². The Morgan fingerprint density at radius 1 is 1.43 bits per heavy atom. The summed E-state index contributed by atoms with van der Waals surface area (Å²) in [6.45, 7) is 4.50. The minimum atomic E-state index is -3.79. The lowest BCUT2D eigenvalue weighted by atomic mass is 9.92. The van der Waals surface area contributed by atoms with Crippen LogP contribution in [0.4, 0.5) is 5.69 Å². The first-order chi connectivity index (χ1) is 9.79. The molecule has 0 saturated carbocycles. The summed E-state index contributed by atoms with van der Waals surface area (Å²) in [6.07, 6.45) is 1.56. The summed E-state index contributed by atoms with van der Waals surface area (Å²) in [7, 11) is -3.79. The van der Waals surface area contributed by atoms with Gasteiger partial charge in [-0.15, -0.1) is 0 Å². The topological polar surface area (TPSA) is 101 Å². The van der Waals surface area contributed by atoms with E-state index in [0.717, 1.165) is 19.4 Å². The molecule has 1 amide bonds. The fraction of sp³-hybridized carbons (Fsp3) is 0.500. The second-order valence-electron chi connectivity index (χ2n) is 5.54. The maximum absolute atomic E-state index is 12.3. The van der Waals surface area contributed by atoms with Crippen molar-refractivity contribution in [3.05, 3.63) is 23.8 Å². The molecule has 6 nitrogen and oxygen atoms in total. The highest BCUT2D eigenvalue weighted by Gasteiger charge is 2.25. The normalized spacial score (nSPS) is 22.8. The van der Waals surface area contributed by atoms with E-state index < -0.39 is 10.0 Å². The molecule has 1 aromatic rings. The molecule has 0 radical (unpaired) electrons. The van der Waals surface area contributed by atoms with Gasteiger partial charge in [-0.25, -0.2) is 13.6 Å². The summed E-state index contributed by atoms with van der Waals surface area (Å²) < 4.78 is 23.0. The lowest BCUT2D eigenvalue weighted by molar-refractivity contribution is -0.120. The fourth-order valence-corrected chi connectivity index (χ4v) is 3.47. The molecule has 2 atom stereocenters. The van der Waals surface area contributed by atoms with Crippen molar-refractivity contribution < 1.29 is 13.2 Å². The highest BCUT2D eigenvalue weighted by molar-refractivity contribution is 7.89. The van der Waals surface area contributed by atoms with Gasteiger partial charge in [-0.05, 0) is 50.9 Å². The van der Waals surface area contributed by atoms with Crippen LogP contribution in [-0.2, 0) is 14.8 Å². The first kappa shape index (κ1) is 15.9. The Morgan fingerprint density at radius 3 is 2.76 bits per heavy atom. The summed E-state index contributed by atoms with van der Waals surface area (Å²) in [4.78, 5) is 12.3. The van der Waals surface area contributed by atoms with Crippen molar-refractivity contribution in [2.75, 3.05) is 11.9 Å². The predicted octanol–water partition coefficient (Wildman–Crippen LogP) is 0.969. The summed E-state index contributed by atoms with van der Waals surface area (Å²) >= 11 is 0. The Morgan fingerprint density at radius 2 is 2.14 bits per heavy atom. The van der Waals surface area contributed by atoms with Gasteiger partial charge in [-0.1, -0.05) is 6.07 Å². The second kappa shape index (κ2) is 6.13. The molecule has 1 fully saturated rings. The quantitative estimate of drug-likeness (QED) is 0.774. The van der Waals surface area contributed by atoms with Gasteiger partial charge in [-0.2, -0.15) is 0 Å². The Hall–Kier alpha value is -1.44. The van der Waals surface area contributed by atoms with Crippen LogP contribution < -0.4 is 15.8 Å². The van der Waals surface area contributed by atoms with Crippen molar-refractivity contribution in [1.29, 1.82) is 0 Å². The number of carbonyl (C=O) groups excluding carboxylic acids is 1. The third kappa shape index (κ3) is 3.81. The summed E-state index contributed by atoms with van der Waals surface area (Å²) in [5, 5.41) is 11.3. The van der Waals surface area contributed by atoms with Gasteiger partial charge in [0.25, 0.3) is 0 Å². The molecule has 1 aromatic carbocycles. The van der Waals surface area contributed by atoms with Crippen molar-refractivity contribution in [3.63, 3.8) is 0 Å². The first-order valence-electron chi connectivity index (χ1n) is 6.95. The number of primary sulfonamides is 1. The van der Waals surface area contributed by atoms with Crippen LogP contribution in [0.1, 0.15) is 25.3 Å². The van der Waals surface area contributed by atoms with Gasteiger partial charge >= 0.3 is 0 Å². The molecule has 1 aliphatic heterocycles. The number of sulfonamides is 1. The van der Waals surface area contributed by atoms with Crippen LogP contribution in [0, 0.1) is 12.8 Å². The summed E-state index contributed by atoms with van der Waals surface area (Å²) in [5.74, 6) is -0.128. The van der Waals surface area contributed by atoms with Crippen molar-refractivity contribution in [1.82, 2.24) is 5.32 Å². The van der Waals surface area contributed by atoms with E-state index in [9.17, 15) is 13.2 Å². The van der Waals surface area contributed by atoms with Gasteiger partial charge in [-0.3, -0.25) is 4.79 Å². The Bertz CT molecular complexity index is 643. The molecule has 1 heterocycles. The Labute approximate surface area is 125 Å². The Kier molecular flexibility index (Phi) is 4.65. The largest absolute Gasteiger partial charge is 0.326 e. The van der Waals surface area contributed by atoms with E-state index in [4.69, 9.17) is 5.14 Å². The summed E-state index contributed by atoms with van der Waals surface area (Å²) in [6, 6.07) is 5.01. The SMILES string of the molecule is Cc1c(NC(=O)C2CCNC(C)C2)cccc1S(N)(=O)=O. The van der Waals surface area contributed by atoms with E-state index in [1.807, 2.05) is 6.92 Å². The van der Waals surface area contributed by atoms with Crippen LogP contribution in [-0.4, -0.2) is 26.9 Å². The zero-order valence-corrected chi connectivity index (χ0v) is 13.0. The molecule has 0 aromatic heterocycles. The van der Waals surface area contributed by atoms with Crippen LogP contribution in [0.25, 0.3) is 0 Å². The van der Waals surface area contributed by atoms with Crippen molar-refractivity contribution in [2.45, 2.75) is 37.6 Å². The maximum Gasteiger partial charge on any atom is 0.238 e. The smallest absolute Gasteiger partial charge is 0.238 e. The third-order valence-corrected chi connectivity index (χ3v) is 4.90. The molecule has 7 heteroatoms. The number of hydrogen-bond donors (Lipinski definition) is 3. The van der Waals surface area contributed by atoms with Gasteiger partial charge in [0, 0.05) is 17.6 Å². The zero-order chi connectivity index (χ0) is 15.6. The monoisotopic (exact) mass is 311 g/mol. The van der Waals surface area contributed by atoms with Crippen molar-refractivity contribution >= 4 is 21.6 Å². The number of nitrogens with one attached hydrogen (secondary N) is 2. The average molecular weight is 311 g/mol. The molecule has 21 heavy (non-hydrogen) atoms. The zero-order valence-electron chi connectivity index (χ0n) is 12.2. The average Bonchev–Trinajstić information content (AvgIpc) is 2.39. The number of piperidine rings is 1. The minimum absolute atomic E-state index is 0.0407. The minimum Gasteiger partial charge on any atom is -0.326 e. The molecule has 1 aliphatic rings. The van der Waals surface area contributed by atoms with E-state index in [1.54, 1.807) is 19.1 Å². The molecule has 1 saturated heterocycles. The lowest BCUT2D eigenvalue weighted by Gasteiger charge is -2.27. The highest BCUT2D eigenvalue weighted by atomic mass is 32.2. The lowest BCUT2D eigenvalue weighted by Crippen LogP contribution is -2.40. The predicted molar refractivity (Wildman–Crippen MR) is 81.4 cm³/mol. The number of carbonyl (C=O) groups is 1. The molecule has 0 aliphatic carbocycles. The van der Waals surface area contributed by atoms with Crippen LogP contribution in [0.2, 0.25) is 0 Å². The van der Waals surface area contributed by atoms with Gasteiger partial charge in [0.1, 0.15) is 0 Å². The third-order valence-electron chi connectivity index (χ3n) is 3.84. The molecule has 2 unspecified atom stereocenters. The van der Waals surface area contributed by atoms with Gasteiger partial charge in [0.2, 0.25) is 15.9 Å². The van der Waals surface area contributed by atoms with Gasteiger partial charge < -0.3 is 10.6 Å². The van der Waals surface area contributed by atoms with E-state index in [0.29, 0.717) is 17.3 Å². The Balaban J connectivity index is 2.18. The molecule has 0 bridgehead atoms. The van der Waals surface area contributed by atoms with Crippen LogP contribution in [0.5, 0.6) is 0 Å². The first-order valence-corrected chi connectivity index (χ1v) is 8.50. The van der Waals surface area contributed by atoms with E-state index >= 15 is 0 Å². The van der Waals surface area contributed by atoms with Crippen molar-refractivity contribution in [3.8, 4) is 0 Å². The molecule has 4 N–H and O–H groups in total. The summed E-state index contributed by atoms with van der Waals surface area (Å²) in [5.41, 5.74) is 0.966. The van der Waals surface area contributed by atoms with E-state index in [-0.39, 0.29) is 16.7 Å². The maximum atomic E-state index is 12.3. The molecule has 2 rings (SSSR count). The standard InChI is InChI=1S/C14H21N3O3S/c1-9-8-11(6-7-16-9)14(18)17-12-4-3-5-13(10(12)2)21(15,19)20/h3-5,9,11,16H,6-8H2,1-2H3,(H,17,18)(H2,15,19,20). The molecule has 116 valence electrons. The number of nitrogens with two attached hydrogens (primary N) is 1. The molecular weight excluding hydrogens is 290 g/mol. The van der Waals surface area contributed by atoms with Crippen LogP contribution in [0.15, 0.2) is 23.1 Å². The van der Waals surface area contributed by atoms with Gasteiger partial charge in [0.05, 0.1) is 4.90 Å². The number of rotatable bonds is 3. The number of benzene rings is 1. The van der Waals surface area contributed by atoms with Crippen molar-refractivity contribution in [2.24, 2.45) is 11.1 Å². The second-order valence-corrected chi connectivity index (χ2v) is 7.07. The van der Waals surface area contributed by atoms with Gasteiger partial charge in [0.15, 0.2) is 0 Å². The fourth-order valence-electron chi connectivity index (χ4n) is 2.66. The van der Waals surface area contributed by atoms with E-state index in [2.05, 4.69) is 10.6 Å². The van der Waals surface area contributed by atoms with E-state index in [1.165, 1.54) is 6.07 Å². The number of amides is 1. The molecular formula is C14H21N3O3S. The number of hydrogen-bond acceptors (Lipinski definition) is 4. The number of anilines is 1. The molecule has 0 spiro atoms. The van der Waals surface area contributed by atoms with Crippen LogP contribution >= 0.6 is 0 Å².